The summed E-state index contributed by atoms with van der Waals surface area (Å²) in [5, 5.41) is 0.720. The summed E-state index contributed by atoms with van der Waals surface area (Å²) in [5.41, 5.74) is 1.98. The minimum Gasteiger partial charge on any atom is -0.444 e. The summed E-state index contributed by atoms with van der Waals surface area (Å²) in [6.07, 6.45) is 3.97. The zero-order valence-electron chi connectivity index (χ0n) is 25.1. The van der Waals surface area contributed by atoms with Crippen molar-refractivity contribution in [2.24, 2.45) is 5.92 Å². The lowest BCUT2D eigenvalue weighted by atomic mass is 9.88. The van der Waals surface area contributed by atoms with Gasteiger partial charge in [0, 0.05) is 41.8 Å². The molecular formula is C32H39FN4O5. The molecule has 1 aromatic carbocycles. The van der Waals surface area contributed by atoms with E-state index in [0.29, 0.717) is 61.6 Å². The number of benzene rings is 1. The van der Waals surface area contributed by atoms with E-state index in [9.17, 15) is 18.8 Å². The number of fused-ring (bicyclic) bond motifs is 1. The summed E-state index contributed by atoms with van der Waals surface area (Å²) in [7, 11) is 0. The Hall–Kier alpha value is -3.79. The van der Waals surface area contributed by atoms with Crippen LogP contribution in [0.1, 0.15) is 73.9 Å². The minimum absolute atomic E-state index is 0.0169. The maximum atomic E-state index is 14.6. The van der Waals surface area contributed by atoms with Gasteiger partial charge in [-0.25, -0.2) is 9.18 Å². The van der Waals surface area contributed by atoms with E-state index in [1.54, 1.807) is 34.3 Å². The van der Waals surface area contributed by atoms with Gasteiger partial charge in [0.25, 0.3) is 5.91 Å². The number of pyridine rings is 1. The van der Waals surface area contributed by atoms with Crippen molar-refractivity contribution in [2.45, 2.75) is 72.1 Å². The van der Waals surface area contributed by atoms with Gasteiger partial charge in [-0.3, -0.25) is 14.6 Å². The third kappa shape index (κ3) is 5.64. The Labute approximate surface area is 245 Å². The van der Waals surface area contributed by atoms with Gasteiger partial charge in [-0.1, -0.05) is 0 Å². The number of halogens is 1. The van der Waals surface area contributed by atoms with Gasteiger partial charge in [0.2, 0.25) is 0 Å². The van der Waals surface area contributed by atoms with Crippen LogP contribution in [0.2, 0.25) is 0 Å². The van der Waals surface area contributed by atoms with E-state index in [2.05, 4.69) is 4.98 Å². The molecule has 2 fully saturated rings. The van der Waals surface area contributed by atoms with Crippen LogP contribution in [0.15, 0.2) is 36.7 Å². The molecule has 0 saturated carbocycles. The molecule has 0 unspecified atom stereocenters. The molecule has 5 rings (SSSR count). The maximum absolute atomic E-state index is 14.6. The van der Waals surface area contributed by atoms with Crippen LogP contribution in [0.25, 0.3) is 16.6 Å². The minimum atomic E-state index is -0.588. The molecule has 0 aliphatic carbocycles. The molecular weight excluding hydrogens is 539 g/mol. The number of Topliss-reactive ketones (excluding diaryl/α,β-unsaturated/α-hetero) is 1. The number of piperidine rings is 1. The van der Waals surface area contributed by atoms with Gasteiger partial charge in [0.1, 0.15) is 11.4 Å². The molecule has 2 atom stereocenters. The van der Waals surface area contributed by atoms with Crippen molar-refractivity contribution in [1.29, 1.82) is 0 Å². The van der Waals surface area contributed by atoms with Crippen LogP contribution in [-0.4, -0.2) is 81.1 Å². The molecule has 4 heterocycles. The average molecular weight is 579 g/mol. The Morgan fingerprint density at radius 2 is 1.71 bits per heavy atom. The van der Waals surface area contributed by atoms with Gasteiger partial charge in [-0.15, -0.1) is 0 Å². The number of hydrogen-bond acceptors (Lipinski definition) is 6. The third-order valence-electron chi connectivity index (χ3n) is 8.10. The van der Waals surface area contributed by atoms with Gasteiger partial charge in [0.15, 0.2) is 5.78 Å². The molecule has 2 aliphatic heterocycles. The topological polar surface area (TPSA) is 94.0 Å². The average Bonchev–Trinajstić information content (AvgIpc) is 3.23. The second-order valence-electron chi connectivity index (χ2n) is 12.4. The van der Waals surface area contributed by atoms with Crippen LogP contribution >= 0.6 is 0 Å². The first-order valence-electron chi connectivity index (χ1n) is 14.5. The molecule has 42 heavy (non-hydrogen) atoms. The summed E-state index contributed by atoms with van der Waals surface area (Å²) in [6.45, 7) is 12.8. The SMILES string of the molecule is Cc1c(C(=O)C2CCN(C(=O)OC(C)(C)C)CC2)c2ccncc2n1-c1ccc(F)cc1C(=O)N1[C@H](C)COC[C@H]1C. The second-order valence-corrected chi connectivity index (χ2v) is 12.4. The Kier molecular flexibility index (Phi) is 8.11. The predicted octanol–water partition coefficient (Wildman–Crippen LogP) is 5.55. The Morgan fingerprint density at radius 3 is 2.36 bits per heavy atom. The summed E-state index contributed by atoms with van der Waals surface area (Å²) >= 11 is 0. The molecule has 224 valence electrons. The Bertz CT molecular complexity index is 1510. The van der Waals surface area contributed by atoms with Gasteiger partial charge < -0.3 is 23.8 Å². The molecule has 0 N–H and O–H groups in total. The highest BCUT2D eigenvalue weighted by atomic mass is 19.1. The smallest absolute Gasteiger partial charge is 0.410 e. The largest absolute Gasteiger partial charge is 0.444 e. The molecule has 3 aromatic rings. The summed E-state index contributed by atoms with van der Waals surface area (Å²) in [5.74, 6) is -1.10. The quantitative estimate of drug-likeness (QED) is 0.377. The normalized spacial score (nSPS) is 20.2. The van der Waals surface area contributed by atoms with E-state index in [0.717, 1.165) is 5.39 Å². The van der Waals surface area contributed by atoms with E-state index in [4.69, 9.17) is 9.47 Å². The van der Waals surface area contributed by atoms with Crippen molar-refractivity contribution >= 4 is 28.7 Å². The zero-order chi connectivity index (χ0) is 30.3. The van der Waals surface area contributed by atoms with Crippen LogP contribution in [-0.2, 0) is 9.47 Å². The number of likely N-dealkylation sites (tertiary alicyclic amines) is 1. The maximum Gasteiger partial charge on any atom is 0.410 e. The van der Waals surface area contributed by atoms with Crippen molar-refractivity contribution in [3.63, 3.8) is 0 Å². The van der Waals surface area contributed by atoms with E-state index in [1.807, 2.05) is 46.1 Å². The van der Waals surface area contributed by atoms with Crippen LogP contribution < -0.4 is 0 Å². The van der Waals surface area contributed by atoms with Crippen LogP contribution in [0, 0.1) is 18.7 Å². The number of rotatable bonds is 4. The molecule has 0 bridgehead atoms. The fraction of sp³-hybridized carbons (Fsp3) is 0.500. The van der Waals surface area contributed by atoms with Crippen molar-refractivity contribution in [3.8, 4) is 5.69 Å². The fourth-order valence-electron chi connectivity index (χ4n) is 6.16. The van der Waals surface area contributed by atoms with Gasteiger partial charge in [-0.2, -0.15) is 0 Å². The number of nitrogens with zero attached hydrogens (tertiary/aromatic N) is 4. The lowest BCUT2D eigenvalue weighted by Gasteiger charge is -2.39. The monoisotopic (exact) mass is 578 g/mol. The number of carbonyl (C=O) groups is 3. The first-order chi connectivity index (χ1) is 19.9. The standard InChI is InChI=1S/C32H39FN4O5/c1-19-17-41-18-20(2)36(19)30(39)25-15-23(33)7-8-26(25)37-21(3)28(24-9-12-34-16-27(24)37)29(38)22-10-13-35(14-11-22)31(40)42-32(4,5)6/h7-9,12,15-16,19-20,22H,10-11,13-14,17-18H2,1-6H3/t19-,20-/m1/s1. The first kappa shape index (κ1) is 29.7. The number of hydrogen-bond donors (Lipinski definition) is 0. The highest BCUT2D eigenvalue weighted by molar-refractivity contribution is 6.11. The van der Waals surface area contributed by atoms with Crippen molar-refractivity contribution in [2.75, 3.05) is 26.3 Å². The molecule has 0 spiro atoms. The van der Waals surface area contributed by atoms with Gasteiger partial charge >= 0.3 is 6.09 Å². The van der Waals surface area contributed by atoms with E-state index in [-0.39, 0.29) is 41.3 Å². The first-order valence-corrected chi connectivity index (χ1v) is 14.5. The number of morpholine rings is 1. The van der Waals surface area contributed by atoms with Crippen LogP contribution in [0.5, 0.6) is 0 Å². The van der Waals surface area contributed by atoms with Crippen molar-refractivity contribution in [3.05, 3.63) is 59.3 Å². The summed E-state index contributed by atoms with van der Waals surface area (Å²) in [6, 6.07) is 5.63. The number of ether oxygens (including phenoxy) is 2. The van der Waals surface area contributed by atoms with Crippen LogP contribution in [0.3, 0.4) is 0 Å². The lowest BCUT2D eigenvalue weighted by molar-refractivity contribution is -0.0249. The highest BCUT2D eigenvalue weighted by Gasteiger charge is 2.35. The molecule has 2 aliphatic rings. The number of carbonyl (C=O) groups excluding carboxylic acids is 3. The number of aromatic nitrogens is 2. The Balaban J connectivity index is 1.51. The highest BCUT2D eigenvalue weighted by Crippen LogP contribution is 2.35. The molecule has 0 radical (unpaired) electrons. The molecule has 2 aromatic heterocycles. The summed E-state index contributed by atoms with van der Waals surface area (Å²) < 4.78 is 27.6. The molecule has 9 nitrogen and oxygen atoms in total. The predicted molar refractivity (Wildman–Crippen MR) is 157 cm³/mol. The van der Waals surface area contributed by atoms with Gasteiger partial charge in [0.05, 0.1) is 48.3 Å². The molecule has 10 heteroatoms. The molecule has 2 amide bonds. The van der Waals surface area contributed by atoms with E-state index in [1.165, 1.54) is 12.1 Å². The zero-order valence-corrected chi connectivity index (χ0v) is 25.1. The van der Waals surface area contributed by atoms with Gasteiger partial charge in [-0.05, 0) is 78.6 Å². The lowest BCUT2D eigenvalue weighted by Crippen LogP contribution is -2.52. The van der Waals surface area contributed by atoms with E-state index >= 15 is 0 Å². The Morgan fingerprint density at radius 1 is 1.05 bits per heavy atom. The third-order valence-corrected chi connectivity index (χ3v) is 8.10. The van der Waals surface area contributed by atoms with Crippen molar-refractivity contribution in [1.82, 2.24) is 19.4 Å². The number of ketones is 1. The number of amides is 2. The van der Waals surface area contributed by atoms with E-state index < -0.39 is 11.4 Å². The fourth-order valence-corrected chi connectivity index (χ4v) is 6.16. The summed E-state index contributed by atoms with van der Waals surface area (Å²) in [4.78, 5) is 48.3. The van der Waals surface area contributed by atoms with Crippen molar-refractivity contribution < 1.29 is 28.2 Å². The van der Waals surface area contributed by atoms with Crippen LogP contribution in [0.4, 0.5) is 9.18 Å². The second kappa shape index (κ2) is 11.5. The molecule has 2 saturated heterocycles.